The molecule has 0 saturated heterocycles. The van der Waals surface area contributed by atoms with Gasteiger partial charge in [0.05, 0.1) is 29.0 Å². The number of carbonyl (C=O) groups excluding carboxylic acids is 1. The molecule has 37 heavy (non-hydrogen) atoms. The van der Waals surface area contributed by atoms with Crippen molar-refractivity contribution in [2.45, 2.75) is 26.0 Å². The first kappa shape index (κ1) is 24.5. The van der Waals surface area contributed by atoms with Gasteiger partial charge in [-0.15, -0.1) is 0 Å². The van der Waals surface area contributed by atoms with Crippen LogP contribution in [0.5, 0.6) is 5.75 Å². The van der Waals surface area contributed by atoms with Crippen LogP contribution in [0.15, 0.2) is 106 Å². The Balaban J connectivity index is 1.57. The van der Waals surface area contributed by atoms with Gasteiger partial charge in [-0.1, -0.05) is 91.1 Å². The molecule has 0 aliphatic carbocycles. The number of ether oxygens (including phenoxy) is 2. The van der Waals surface area contributed by atoms with Crippen molar-refractivity contribution in [1.82, 2.24) is 4.57 Å². The third-order valence-corrected chi connectivity index (χ3v) is 7.15. The monoisotopic (exact) mass is 510 g/mol. The molecule has 0 bridgehead atoms. The van der Waals surface area contributed by atoms with Gasteiger partial charge in [0.1, 0.15) is 12.4 Å². The maximum Gasteiger partial charge on any atom is 0.338 e. The van der Waals surface area contributed by atoms with Crippen molar-refractivity contribution in [3.8, 4) is 5.75 Å². The Morgan fingerprint density at radius 2 is 1.76 bits per heavy atom. The van der Waals surface area contributed by atoms with E-state index in [2.05, 4.69) is 0 Å². The van der Waals surface area contributed by atoms with Gasteiger partial charge in [0, 0.05) is 0 Å². The Morgan fingerprint density at radius 1 is 1.03 bits per heavy atom. The molecule has 1 aromatic heterocycles. The van der Waals surface area contributed by atoms with Gasteiger partial charge in [-0.2, -0.15) is 0 Å². The molecule has 0 spiro atoms. The van der Waals surface area contributed by atoms with Crippen LogP contribution in [0.3, 0.4) is 0 Å². The van der Waals surface area contributed by atoms with Crippen LogP contribution in [-0.4, -0.2) is 17.6 Å². The van der Waals surface area contributed by atoms with Crippen LogP contribution in [0.4, 0.5) is 0 Å². The highest BCUT2D eigenvalue weighted by molar-refractivity contribution is 7.07. The molecule has 186 valence electrons. The summed E-state index contributed by atoms with van der Waals surface area (Å²) in [4.78, 5) is 31.9. The average molecular weight is 511 g/mol. The first-order chi connectivity index (χ1) is 18.1. The largest absolute Gasteiger partial charge is 0.489 e. The molecule has 7 heteroatoms. The molecule has 0 saturated carbocycles. The molecule has 1 aliphatic rings. The molecular weight excluding hydrogens is 484 g/mol. The standard InChI is InChI=1S/C30H26N2O4S/c1-3-24-26(29(34)35-2)27(22-14-8-5-9-15-22)32-28(33)25(37-30(32)31-24)18-21-13-10-16-23(17-21)36-19-20-11-6-4-7-12-20/h4-18,27H,3,19H2,1-2H3/b25-18+/t27-/m0/s1. The van der Waals surface area contributed by atoms with Gasteiger partial charge in [-0.3, -0.25) is 9.36 Å². The number of hydrogen-bond donors (Lipinski definition) is 0. The average Bonchev–Trinajstić information content (AvgIpc) is 3.25. The van der Waals surface area contributed by atoms with Gasteiger partial charge in [0.2, 0.25) is 0 Å². The van der Waals surface area contributed by atoms with E-state index in [1.54, 1.807) is 4.57 Å². The zero-order valence-electron chi connectivity index (χ0n) is 20.6. The highest BCUT2D eigenvalue weighted by Gasteiger charge is 2.33. The summed E-state index contributed by atoms with van der Waals surface area (Å²) in [6.45, 7) is 2.40. The Morgan fingerprint density at radius 3 is 2.46 bits per heavy atom. The molecule has 0 radical (unpaired) electrons. The minimum absolute atomic E-state index is 0.204. The first-order valence-corrected chi connectivity index (χ1v) is 12.9. The fourth-order valence-electron chi connectivity index (χ4n) is 4.40. The van der Waals surface area contributed by atoms with Gasteiger partial charge in [0.25, 0.3) is 5.56 Å². The van der Waals surface area contributed by atoms with Crippen LogP contribution in [-0.2, 0) is 16.1 Å². The van der Waals surface area contributed by atoms with E-state index in [4.69, 9.17) is 14.5 Å². The first-order valence-electron chi connectivity index (χ1n) is 12.0. The molecule has 0 unspecified atom stereocenters. The summed E-state index contributed by atoms with van der Waals surface area (Å²) in [6, 6.07) is 26.5. The second kappa shape index (κ2) is 10.8. The van der Waals surface area contributed by atoms with Crippen molar-refractivity contribution in [2.75, 3.05) is 7.11 Å². The van der Waals surface area contributed by atoms with E-state index in [1.165, 1.54) is 18.4 Å². The van der Waals surface area contributed by atoms with Crippen molar-refractivity contribution >= 4 is 23.4 Å². The minimum Gasteiger partial charge on any atom is -0.489 e. The van der Waals surface area contributed by atoms with Crippen molar-refractivity contribution < 1.29 is 14.3 Å². The van der Waals surface area contributed by atoms with E-state index in [9.17, 15) is 9.59 Å². The normalized spacial score (nSPS) is 15.2. The van der Waals surface area contributed by atoms with Crippen LogP contribution < -0.4 is 19.6 Å². The lowest BCUT2D eigenvalue weighted by molar-refractivity contribution is -0.136. The zero-order valence-corrected chi connectivity index (χ0v) is 21.4. The van der Waals surface area contributed by atoms with Crippen LogP contribution in [0.1, 0.15) is 36.1 Å². The number of nitrogens with zero attached hydrogens (tertiary/aromatic N) is 2. The van der Waals surface area contributed by atoms with Gasteiger partial charge in [0.15, 0.2) is 4.80 Å². The van der Waals surface area contributed by atoms with Gasteiger partial charge in [-0.05, 0) is 41.3 Å². The van der Waals surface area contributed by atoms with Crippen LogP contribution in [0.2, 0.25) is 0 Å². The number of methoxy groups -OCH3 is 1. The number of thiazole rings is 1. The molecule has 0 fully saturated rings. The highest BCUT2D eigenvalue weighted by atomic mass is 32.1. The molecule has 0 amide bonds. The molecule has 2 heterocycles. The number of esters is 1. The Hall–Kier alpha value is -4.23. The van der Waals surface area contributed by atoms with Gasteiger partial charge >= 0.3 is 5.97 Å². The number of rotatable bonds is 7. The molecule has 4 aromatic rings. The van der Waals surface area contributed by atoms with E-state index in [1.807, 2.05) is 97.9 Å². The summed E-state index contributed by atoms with van der Waals surface area (Å²) in [7, 11) is 1.35. The third kappa shape index (κ3) is 5.04. The Kier molecular flexibility index (Phi) is 7.14. The summed E-state index contributed by atoms with van der Waals surface area (Å²) < 4.78 is 13.2. The lowest BCUT2D eigenvalue weighted by atomic mass is 9.95. The van der Waals surface area contributed by atoms with Crippen molar-refractivity contribution in [2.24, 2.45) is 4.99 Å². The molecule has 6 nitrogen and oxygen atoms in total. The smallest absolute Gasteiger partial charge is 0.338 e. The Labute approximate surface area is 218 Å². The number of fused-ring (bicyclic) bond motifs is 1. The topological polar surface area (TPSA) is 69.9 Å². The second-order valence-corrected chi connectivity index (χ2v) is 9.55. The van der Waals surface area contributed by atoms with E-state index >= 15 is 0 Å². The van der Waals surface area contributed by atoms with Gasteiger partial charge in [-0.25, -0.2) is 9.79 Å². The molecule has 1 aliphatic heterocycles. The fourth-order valence-corrected chi connectivity index (χ4v) is 5.42. The summed E-state index contributed by atoms with van der Waals surface area (Å²) in [5, 5.41) is 0. The zero-order chi connectivity index (χ0) is 25.8. The van der Waals surface area contributed by atoms with Crippen LogP contribution >= 0.6 is 11.3 Å². The summed E-state index contributed by atoms with van der Waals surface area (Å²) in [6.07, 6.45) is 2.38. The predicted octanol–water partition coefficient (Wildman–Crippen LogP) is 4.38. The van der Waals surface area contributed by atoms with Crippen LogP contribution in [0, 0.1) is 0 Å². The third-order valence-electron chi connectivity index (χ3n) is 6.17. The fraction of sp³-hybridized carbons (Fsp3) is 0.167. The number of allylic oxidation sites excluding steroid dienone is 1. The lowest BCUT2D eigenvalue weighted by Gasteiger charge is -2.25. The number of aromatic nitrogens is 1. The summed E-state index contributed by atoms with van der Waals surface area (Å²) in [5.41, 5.74) is 3.57. The van der Waals surface area contributed by atoms with E-state index in [-0.39, 0.29) is 5.56 Å². The maximum atomic E-state index is 13.7. The minimum atomic E-state index is -0.609. The quantitative estimate of drug-likeness (QED) is 0.346. The molecular formula is C30H26N2O4S. The Bertz CT molecular complexity index is 1640. The van der Waals surface area contributed by atoms with Gasteiger partial charge < -0.3 is 9.47 Å². The van der Waals surface area contributed by atoms with E-state index in [0.29, 0.717) is 39.4 Å². The molecule has 3 aromatic carbocycles. The van der Waals surface area contributed by atoms with Crippen molar-refractivity contribution in [3.63, 3.8) is 0 Å². The van der Waals surface area contributed by atoms with Crippen molar-refractivity contribution in [3.05, 3.63) is 133 Å². The number of benzene rings is 3. The van der Waals surface area contributed by atoms with E-state index < -0.39 is 12.0 Å². The lowest BCUT2D eigenvalue weighted by Crippen LogP contribution is -2.40. The molecule has 0 N–H and O–H groups in total. The number of hydrogen-bond acceptors (Lipinski definition) is 6. The second-order valence-electron chi connectivity index (χ2n) is 8.55. The number of carbonyl (C=O) groups is 1. The van der Waals surface area contributed by atoms with Crippen LogP contribution in [0.25, 0.3) is 6.08 Å². The SMILES string of the molecule is CCC1=C(C(=O)OC)[C@H](c2ccccc2)n2c(s/c(=C/c3cccc(OCc4ccccc4)c3)c2=O)=N1. The maximum absolute atomic E-state index is 13.7. The molecule has 1 atom stereocenters. The van der Waals surface area contributed by atoms with Crippen molar-refractivity contribution in [1.29, 1.82) is 0 Å². The predicted molar refractivity (Wildman–Crippen MR) is 144 cm³/mol. The summed E-state index contributed by atoms with van der Waals surface area (Å²) in [5.74, 6) is 0.237. The highest BCUT2D eigenvalue weighted by Crippen LogP contribution is 2.31. The van der Waals surface area contributed by atoms with E-state index in [0.717, 1.165) is 16.7 Å². The molecule has 5 rings (SSSR count). The summed E-state index contributed by atoms with van der Waals surface area (Å²) >= 11 is 1.31.